The molecule has 0 aliphatic rings. The molecule has 3 rings (SSSR count). The Morgan fingerprint density at radius 1 is 1.09 bits per heavy atom. The second-order valence-electron chi connectivity index (χ2n) is 7.74. The monoisotopic (exact) mass is 445 g/mol. The number of aromatic hydroxyl groups is 1. The van der Waals surface area contributed by atoms with E-state index in [1.165, 1.54) is 0 Å². The summed E-state index contributed by atoms with van der Waals surface area (Å²) in [5, 5.41) is 20.5. The van der Waals surface area contributed by atoms with E-state index in [4.69, 9.17) is 16.6 Å². The van der Waals surface area contributed by atoms with E-state index in [-0.39, 0.29) is 22.7 Å². The zero-order valence-electron chi connectivity index (χ0n) is 18.8. The molecule has 0 aliphatic heterocycles. The average Bonchev–Trinajstić information content (AvgIpc) is 3.05. The van der Waals surface area contributed by atoms with Crippen LogP contribution in [0.3, 0.4) is 0 Å². The van der Waals surface area contributed by atoms with Gasteiger partial charge >= 0.3 is 5.97 Å². The standard InChI is InChI=1S/C26H27N3O4/c1-4-5-20-21(13-7-15(2)17-8-10-18(11-9-17)26(32)33)29(24(27)23(20)25(28)31)22-14-19(30)12-6-16(22)3/h5-14,30H,4,27H2,1-3H3,(H2,28,31)(H,32,33)/b15-7+,20-5-,21-13+. The Morgan fingerprint density at radius 3 is 2.30 bits per heavy atom. The number of carboxylic acid groups (broad SMARTS) is 1. The van der Waals surface area contributed by atoms with Gasteiger partial charge in [0, 0.05) is 11.3 Å². The van der Waals surface area contributed by atoms with E-state index in [2.05, 4.69) is 0 Å². The van der Waals surface area contributed by atoms with Crippen molar-refractivity contribution >= 4 is 35.4 Å². The van der Waals surface area contributed by atoms with E-state index >= 15 is 0 Å². The molecular weight excluding hydrogens is 418 g/mol. The largest absolute Gasteiger partial charge is 0.508 e. The molecule has 0 fully saturated rings. The minimum atomic E-state index is -0.983. The van der Waals surface area contributed by atoms with Crippen LogP contribution in [-0.2, 0) is 0 Å². The average molecular weight is 446 g/mol. The molecule has 3 aromatic rings. The number of benzene rings is 2. The number of aryl methyl sites for hydroxylation is 1. The molecule has 7 nitrogen and oxygen atoms in total. The summed E-state index contributed by atoms with van der Waals surface area (Å²) in [5.41, 5.74) is 15.8. The van der Waals surface area contributed by atoms with Crippen molar-refractivity contribution in [1.29, 1.82) is 0 Å². The molecule has 0 aliphatic carbocycles. The van der Waals surface area contributed by atoms with Gasteiger partial charge in [0.25, 0.3) is 5.91 Å². The lowest BCUT2D eigenvalue weighted by Gasteiger charge is -2.11. The summed E-state index contributed by atoms with van der Waals surface area (Å²) in [6, 6.07) is 11.5. The van der Waals surface area contributed by atoms with Crippen LogP contribution in [0.1, 0.15) is 52.1 Å². The number of rotatable bonds is 6. The minimum Gasteiger partial charge on any atom is -0.508 e. The number of aromatic carboxylic acids is 1. The maximum Gasteiger partial charge on any atom is 0.335 e. The number of aromatic nitrogens is 1. The summed E-state index contributed by atoms with van der Waals surface area (Å²) in [7, 11) is 0. The molecule has 170 valence electrons. The molecule has 0 spiro atoms. The number of nitrogen functional groups attached to an aromatic ring is 1. The number of carboxylic acids is 1. The maximum absolute atomic E-state index is 12.3. The quantitative estimate of drug-likeness (QED) is 0.463. The summed E-state index contributed by atoms with van der Waals surface area (Å²) in [6.45, 7) is 5.74. The molecule has 1 amide bonds. The molecule has 0 unspecified atom stereocenters. The Hall–Kier alpha value is -4.26. The van der Waals surface area contributed by atoms with Crippen LogP contribution in [0.25, 0.3) is 23.4 Å². The number of hydrogen-bond acceptors (Lipinski definition) is 4. The Morgan fingerprint density at radius 2 is 1.73 bits per heavy atom. The van der Waals surface area contributed by atoms with E-state index in [0.29, 0.717) is 22.7 Å². The van der Waals surface area contributed by atoms with Gasteiger partial charge in [-0.3, -0.25) is 9.36 Å². The van der Waals surface area contributed by atoms with Crippen LogP contribution in [0.5, 0.6) is 5.75 Å². The first-order chi connectivity index (χ1) is 15.6. The number of primary amides is 1. The molecule has 2 aromatic carbocycles. The fraction of sp³-hybridized carbons (Fsp3) is 0.154. The zero-order valence-corrected chi connectivity index (χ0v) is 18.8. The Balaban J connectivity index is 2.32. The van der Waals surface area contributed by atoms with Crippen LogP contribution < -0.4 is 22.0 Å². The molecule has 1 aromatic heterocycles. The van der Waals surface area contributed by atoms with Crippen LogP contribution in [0, 0.1) is 6.92 Å². The SMILES string of the molecule is CC\C=c1/c(C(N)=O)c(N)n(-c2cc(O)ccc2C)/c1=C/C=C(\C)c1ccc(C(=O)O)cc1. The molecule has 0 saturated carbocycles. The Kier molecular flexibility index (Phi) is 6.72. The molecular formula is C26H27N3O4. The lowest BCUT2D eigenvalue weighted by atomic mass is 10.0. The summed E-state index contributed by atoms with van der Waals surface area (Å²) in [4.78, 5) is 23.4. The highest BCUT2D eigenvalue weighted by Gasteiger charge is 2.19. The van der Waals surface area contributed by atoms with E-state index in [1.807, 2.05) is 39.0 Å². The number of nitrogens with two attached hydrogens (primary N) is 2. The van der Waals surface area contributed by atoms with Gasteiger partial charge < -0.3 is 21.7 Å². The molecule has 0 saturated heterocycles. The topological polar surface area (TPSA) is 132 Å². The summed E-state index contributed by atoms with van der Waals surface area (Å²) in [5.74, 6) is -1.35. The summed E-state index contributed by atoms with van der Waals surface area (Å²) >= 11 is 0. The molecule has 0 bridgehead atoms. The van der Waals surface area contributed by atoms with Gasteiger partial charge in [0.1, 0.15) is 11.6 Å². The predicted molar refractivity (Wildman–Crippen MR) is 131 cm³/mol. The van der Waals surface area contributed by atoms with Crippen molar-refractivity contribution in [3.8, 4) is 11.4 Å². The third-order valence-corrected chi connectivity index (χ3v) is 5.45. The number of phenolic OH excluding ortho intramolecular Hbond substituents is 1. The zero-order chi connectivity index (χ0) is 24.3. The summed E-state index contributed by atoms with van der Waals surface area (Å²) < 4.78 is 1.72. The number of hydrogen-bond donors (Lipinski definition) is 4. The van der Waals surface area contributed by atoms with E-state index < -0.39 is 11.9 Å². The van der Waals surface area contributed by atoms with Crippen LogP contribution in [-0.4, -0.2) is 26.7 Å². The van der Waals surface area contributed by atoms with Crippen LogP contribution >= 0.6 is 0 Å². The molecule has 33 heavy (non-hydrogen) atoms. The van der Waals surface area contributed by atoms with Crippen molar-refractivity contribution in [3.63, 3.8) is 0 Å². The molecule has 0 atom stereocenters. The number of phenols is 1. The smallest absolute Gasteiger partial charge is 0.335 e. The summed E-state index contributed by atoms with van der Waals surface area (Å²) in [6.07, 6.45) is 6.26. The number of carbonyl (C=O) groups excluding carboxylic acids is 1. The van der Waals surface area contributed by atoms with Gasteiger partial charge in [-0.1, -0.05) is 37.3 Å². The van der Waals surface area contributed by atoms with Gasteiger partial charge in [-0.05, 0) is 61.2 Å². The maximum atomic E-state index is 12.3. The van der Waals surface area contributed by atoms with Crippen molar-refractivity contribution < 1.29 is 19.8 Å². The van der Waals surface area contributed by atoms with E-state index in [9.17, 15) is 14.7 Å². The third-order valence-electron chi connectivity index (χ3n) is 5.45. The highest BCUT2D eigenvalue weighted by atomic mass is 16.4. The van der Waals surface area contributed by atoms with Crippen molar-refractivity contribution in [3.05, 3.63) is 81.4 Å². The van der Waals surface area contributed by atoms with Crippen LogP contribution in [0.4, 0.5) is 5.82 Å². The number of anilines is 1. The Bertz CT molecular complexity index is 1380. The molecule has 0 radical (unpaired) electrons. The number of nitrogens with zero attached hydrogens (tertiary/aromatic N) is 1. The normalized spacial score (nSPS) is 12.9. The second kappa shape index (κ2) is 9.48. The fourth-order valence-corrected chi connectivity index (χ4v) is 3.74. The van der Waals surface area contributed by atoms with E-state index in [1.54, 1.807) is 47.0 Å². The van der Waals surface area contributed by atoms with Gasteiger partial charge in [-0.25, -0.2) is 4.79 Å². The van der Waals surface area contributed by atoms with Crippen molar-refractivity contribution in [2.45, 2.75) is 27.2 Å². The van der Waals surface area contributed by atoms with Crippen molar-refractivity contribution in [2.24, 2.45) is 5.73 Å². The number of allylic oxidation sites excluding steroid dienone is 2. The van der Waals surface area contributed by atoms with Gasteiger partial charge in [-0.15, -0.1) is 0 Å². The third kappa shape index (κ3) is 4.67. The van der Waals surface area contributed by atoms with Crippen molar-refractivity contribution in [2.75, 3.05) is 5.73 Å². The predicted octanol–water partition coefficient (Wildman–Crippen LogP) is 2.95. The molecule has 6 N–H and O–H groups in total. The van der Waals surface area contributed by atoms with Gasteiger partial charge in [0.2, 0.25) is 0 Å². The highest BCUT2D eigenvalue weighted by molar-refractivity contribution is 5.98. The van der Waals surface area contributed by atoms with E-state index in [0.717, 1.165) is 16.7 Å². The van der Waals surface area contributed by atoms with Crippen LogP contribution in [0.15, 0.2) is 48.5 Å². The lowest BCUT2D eigenvalue weighted by Crippen LogP contribution is -2.32. The Labute approximate surface area is 191 Å². The molecule has 1 heterocycles. The number of carbonyl (C=O) groups is 2. The fourth-order valence-electron chi connectivity index (χ4n) is 3.74. The highest BCUT2D eigenvalue weighted by Crippen LogP contribution is 2.22. The number of amides is 1. The lowest BCUT2D eigenvalue weighted by molar-refractivity contribution is 0.0696. The van der Waals surface area contributed by atoms with Crippen LogP contribution in [0.2, 0.25) is 0 Å². The first-order valence-corrected chi connectivity index (χ1v) is 10.5. The first-order valence-electron chi connectivity index (χ1n) is 10.5. The first kappa shape index (κ1) is 23.4. The van der Waals surface area contributed by atoms with Gasteiger partial charge in [-0.2, -0.15) is 0 Å². The minimum absolute atomic E-state index is 0.0709. The van der Waals surface area contributed by atoms with Crippen molar-refractivity contribution in [1.82, 2.24) is 4.57 Å². The van der Waals surface area contributed by atoms with Gasteiger partial charge in [0.05, 0.1) is 22.2 Å². The van der Waals surface area contributed by atoms with Gasteiger partial charge in [0.15, 0.2) is 0 Å². The molecule has 7 heteroatoms. The second-order valence-corrected chi connectivity index (χ2v) is 7.74.